The van der Waals surface area contributed by atoms with E-state index in [4.69, 9.17) is 9.47 Å². The quantitative estimate of drug-likeness (QED) is 0.792. The number of ether oxygens (including phenoxy) is 2. The van der Waals surface area contributed by atoms with Gasteiger partial charge in [0.15, 0.2) is 17.3 Å². The molecule has 1 fully saturated rings. The van der Waals surface area contributed by atoms with Gasteiger partial charge in [0.2, 0.25) is 10.0 Å². The van der Waals surface area contributed by atoms with E-state index >= 15 is 0 Å². The molecule has 138 valence electrons. The van der Waals surface area contributed by atoms with E-state index in [1.54, 1.807) is 18.2 Å². The lowest BCUT2D eigenvalue weighted by Gasteiger charge is -2.34. The lowest BCUT2D eigenvalue weighted by molar-refractivity contribution is 0.171. The average Bonchev–Trinajstić information content (AvgIpc) is 2.68. The van der Waals surface area contributed by atoms with Crippen LogP contribution < -0.4 is 14.4 Å². The van der Waals surface area contributed by atoms with Gasteiger partial charge >= 0.3 is 0 Å². The van der Waals surface area contributed by atoms with Gasteiger partial charge in [0.05, 0.1) is 10.6 Å². The Kier molecular flexibility index (Phi) is 4.41. The van der Waals surface area contributed by atoms with Gasteiger partial charge in [-0.15, -0.1) is 5.10 Å². The number of sulfonamides is 1. The molecule has 0 atom stereocenters. The van der Waals surface area contributed by atoms with Gasteiger partial charge in [0.25, 0.3) is 0 Å². The molecule has 4 rings (SSSR count). The van der Waals surface area contributed by atoms with Gasteiger partial charge in [-0.3, -0.25) is 0 Å². The summed E-state index contributed by atoms with van der Waals surface area (Å²) in [6.45, 7) is 4.71. The van der Waals surface area contributed by atoms with Gasteiger partial charge in [-0.2, -0.15) is 9.40 Å². The summed E-state index contributed by atoms with van der Waals surface area (Å²) in [7, 11) is -3.57. The maximum absolute atomic E-state index is 12.9. The van der Waals surface area contributed by atoms with Crippen molar-refractivity contribution in [3.8, 4) is 11.5 Å². The van der Waals surface area contributed by atoms with Crippen LogP contribution in [0.5, 0.6) is 11.5 Å². The maximum atomic E-state index is 12.9. The number of benzene rings is 1. The van der Waals surface area contributed by atoms with Crippen molar-refractivity contribution in [2.24, 2.45) is 0 Å². The third kappa shape index (κ3) is 3.19. The first kappa shape index (κ1) is 17.0. The summed E-state index contributed by atoms with van der Waals surface area (Å²) in [4.78, 5) is 2.27. The summed E-state index contributed by atoms with van der Waals surface area (Å²) in [5.41, 5.74) is 0.855. The van der Waals surface area contributed by atoms with E-state index in [0.717, 1.165) is 11.5 Å². The Balaban J connectivity index is 1.48. The van der Waals surface area contributed by atoms with Gasteiger partial charge in [-0.1, -0.05) is 0 Å². The minimum Gasteiger partial charge on any atom is -0.486 e. The molecule has 1 aromatic heterocycles. The molecule has 26 heavy (non-hydrogen) atoms. The van der Waals surface area contributed by atoms with E-state index in [0.29, 0.717) is 50.9 Å². The first-order valence-electron chi connectivity index (χ1n) is 8.49. The highest BCUT2D eigenvalue weighted by molar-refractivity contribution is 7.89. The topological polar surface area (TPSA) is 84.9 Å². The highest BCUT2D eigenvalue weighted by Gasteiger charge is 2.30. The molecule has 1 aromatic carbocycles. The van der Waals surface area contributed by atoms with Gasteiger partial charge < -0.3 is 14.4 Å². The number of piperazine rings is 1. The number of anilines is 1. The molecule has 0 bridgehead atoms. The minimum absolute atomic E-state index is 0.227. The Labute approximate surface area is 152 Å². The molecule has 0 unspecified atom stereocenters. The average molecular weight is 376 g/mol. The zero-order chi connectivity index (χ0) is 18.1. The van der Waals surface area contributed by atoms with Gasteiger partial charge in [0.1, 0.15) is 13.2 Å². The molecule has 1 saturated heterocycles. The fraction of sp³-hybridized carbons (Fsp3) is 0.412. The van der Waals surface area contributed by atoms with Crippen molar-refractivity contribution >= 4 is 15.8 Å². The number of hydrogen-bond acceptors (Lipinski definition) is 7. The predicted molar refractivity (Wildman–Crippen MR) is 95.2 cm³/mol. The summed E-state index contributed by atoms with van der Waals surface area (Å²) in [6.07, 6.45) is 0. The molecule has 0 N–H and O–H groups in total. The van der Waals surface area contributed by atoms with E-state index in [1.165, 1.54) is 4.31 Å². The molecule has 0 radical (unpaired) electrons. The van der Waals surface area contributed by atoms with Crippen LogP contribution in [0, 0.1) is 6.92 Å². The number of aryl methyl sites for hydroxylation is 1. The molecule has 2 aromatic rings. The fourth-order valence-electron chi connectivity index (χ4n) is 3.05. The molecule has 0 saturated carbocycles. The van der Waals surface area contributed by atoms with E-state index in [9.17, 15) is 8.42 Å². The molecule has 0 spiro atoms. The van der Waals surface area contributed by atoms with Crippen molar-refractivity contribution in [2.75, 3.05) is 44.3 Å². The summed E-state index contributed by atoms with van der Waals surface area (Å²) < 4.78 is 38.3. The lowest BCUT2D eigenvalue weighted by Crippen LogP contribution is -2.49. The Bertz CT molecular complexity index is 893. The van der Waals surface area contributed by atoms with E-state index < -0.39 is 10.0 Å². The zero-order valence-electron chi connectivity index (χ0n) is 14.5. The molecular weight excluding hydrogens is 356 g/mol. The Morgan fingerprint density at radius 3 is 2.35 bits per heavy atom. The molecule has 3 heterocycles. The van der Waals surface area contributed by atoms with Gasteiger partial charge in [-0.05, 0) is 31.2 Å². The first-order valence-corrected chi connectivity index (χ1v) is 9.93. The van der Waals surface area contributed by atoms with E-state index in [-0.39, 0.29) is 4.90 Å². The second kappa shape index (κ2) is 6.73. The van der Waals surface area contributed by atoms with Crippen LogP contribution in [-0.2, 0) is 10.0 Å². The molecule has 2 aliphatic rings. The highest BCUT2D eigenvalue weighted by atomic mass is 32.2. The summed E-state index contributed by atoms with van der Waals surface area (Å²) in [5.74, 6) is 1.83. The van der Waals surface area contributed by atoms with Crippen LogP contribution in [-0.4, -0.2) is 62.3 Å². The third-order valence-electron chi connectivity index (χ3n) is 4.50. The Hall–Kier alpha value is -2.39. The van der Waals surface area contributed by atoms with Gasteiger partial charge in [0, 0.05) is 32.2 Å². The second-order valence-corrected chi connectivity index (χ2v) is 8.17. The smallest absolute Gasteiger partial charge is 0.243 e. The van der Waals surface area contributed by atoms with Crippen molar-refractivity contribution in [2.45, 2.75) is 11.8 Å². The second-order valence-electron chi connectivity index (χ2n) is 6.23. The van der Waals surface area contributed by atoms with Crippen molar-refractivity contribution in [3.63, 3.8) is 0 Å². The number of fused-ring (bicyclic) bond motifs is 1. The number of nitrogens with zero attached hydrogens (tertiary/aromatic N) is 4. The minimum atomic E-state index is -3.57. The number of rotatable bonds is 3. The standard InChI is InChI=1S/C17H20N4O4S/c1-13-2-5-17(19-18-13)20-6-8-21(9-7-20)26(22,23)14-3-4-15-16(12-14)25-11-10-24-15/h2-5,12H,6-11H2,1H3. The zero-order valence-corrected chi connectivity index (χ0v) is 15.3. The van der Waals surface area contributed by atoms with Gasteiger partial charge in [-0.25, -0.2) is 8.42 Å². The van der Waals surface area contributed by atoms with Crippen molar-refractivity contribution < 1.29 is 17.9 Å². The molecule has 8 nitrogen and oxygen atoms in total. The normalized spacial score (nSPS) is 18.0. The van der Waals surface area contributed by atoms with Crippen LogP contribution in [0.4, 0.5) is 5.82 Å². The molecule has 0 aliphatic carbocycles. The molecule has 2 aliphatic heterocycles. The summed E-state index contributed by atoms with van der Waals surface area (Å²) in [5, 5.41) is 8.23. The van der Waals surface area contributed by atoms with Crippen molar-refractivity contribution in [3.05, 3.63) is 36.0 Å². The summed E-state index contributed by atoms with van der Waals surface area (Å²) >= 11 is 0. The largest absolute Gasteiger partial charge is 0.486 e. The molecule has 0 amide bonds. The van der Waals surface area contributed by atoms with Crippen LogP contribution in [0.2, 0.25) is 0 Å². The van der Waals surface area contributed by atoms with Crippen LogP contribution >= 0.6 is 0 Å². The van der Waals surface area contributed by atoms with Crippen molar-refractivity contribution in [1.82, 2.24) is 14.5 Å². The molecule has 9 heteroatoms. The highest BCUT2D eigenvalue weighted by Crippen LogP contribution is 2.33. The Morgan fingerprint density at radius 1 is 0.923 bits per heavy atom. The Morgan fingerprint density at radius 2 is 1.65 bits per heavy atom. The number of aromatic nitrogens is 2. The van der Waals surface area contributed by atoms with Crippen LogP contribution in [0.3, 0.4) is 0 Å². The predicted octanol–water partition coefficient (Wildman–Crippen LogP) is 1.07. The fourth-order valence-corrected chi connectivity index (χ4v) is 4.49. The van der Waals surface area contributed by atoms with Crippen LogP contribution in [0.25, 0.3) is 0 Å². The van der Waals surface area contributed by atoms with Crippen LogP contribution in [0.15, 0.2) is 35.2 Å². The SMILES string of the molecule is Cc1ccc(N2CCN(S(=O)(=O)c3ccc4c(c3)OCCO4)CC2)nn1. The lowest BCUT2D eigenvalue weighted by atomic mass is 10.3. The molecular formula is C17H20N4O4S. The maximum Gasteiger partial charge on any atom is 0.243 e. The van der Waals surface area contributed by atoms with Crippen LogP contribution in [0.1, 0.15) is 5.69 Å². The monoisotopic (exact) mass is 376 g/mol. The first-order chi connectivity index (χ1) is 12.5. The number of hydrogen-bond donors (Lipinski definition) is 0. The third-order valence-corrected chi connectivity index (χ3v) is 6.39. The van der Waals surface area contributed by atoms with E-state index in [2.05, 4.69) is 10.2 Å². The van der Waals surface area contributed by atoms with Crippen molar-refractivity contribution in [1.29, 1.82) is 0 Å². The van der Waals surface area contributed by atoms with E-state index in [1.807, 2.05) is 24.0 Å². The summed E-state index contributed by atoms with van der Waals surface area (Å²) in [6, 6.07) is 8.58.